The summed E-state index contributed by atoms with van der Waals surface area (Å²) in [5.74, 6) is -0.0321. The number of hydrogen-bond acceptors (Lipinski definition) is 2. The maximum Gasteiger partial charge on any atom is 0.258 e. The highest BCUT2D eigenvalue weighted by atomic mass is 16.2. The van der Waals surface area contributed by atoms with Gasteiger partial charge in [-0.3, -0.25) is 9.59 Å². The van der Waals surface area contributed by atoms with E-state index in [0.717, 1.165) is 43.7 Å². The smallest absolute Gasteiger partial charge is 0.258 e. The van der Waals surface area contributed by atoms with Gasteiger partial charge in [-0.05, 0) is 94.7 Å². The first-order chi connectivity index (χ1) is 18.6. The SMILES string of the molecule is CCN(C(=O)c1cc2ccc3cc(C(=O)N(CC)c4ccccc4)cc4ccc(c1)c2c34)c1ccccc1. The van der Waals surface area contributed by atoms with Crippen LogP contribution in [0, 0.1) is 0 Å². The number of benzene rings is 6. The minimum Gasteiger partial charge on any atom is -0.309 e. The van der Waals surface area contributed by atoms with Crippen LogP contribution in [0.2, 0.25) is 0 Å². The summed E-state index contributed by atoms with van der Waals surface area (Å²) in [5, 5.41) is 6.32. The third kappa shape index (κ3) is 3.95. The highest BCUT2D eigenvalue weighted by Gasteiger charge is 2.21. The molecule has 186 valence electrons. The van der Waals surface area contributed by atoms with Gasteiger partial charge in [0.05, 0.1) is 0 Å². The minimum atomic E-state index is -0.0161. The standard InChI is InChI=1S/C34H28N2O2/c1-3-35(29-11-7-5-8-12-29)33(37)27-19-23-15-17-25-21-28(22-26-18-16-24(20-27)31(23)32(25)26)34(38)36(4-2)30-13-9-6-10-14-30/h5-22H,3-4H2,1-2H3. The van der Waals surface area contributed by atoms with Crippen molar-refractivity contribution in [1.29, 1.82) is 0 Å². The molecule has 0 saturated carbocycles. The number of para-hydroxylation sites is 2. The summed E-state index contributed by atoms with van der Waals surface area (Å²) in [6, 6.07) is 35.7. The second-order valence-electron chi connectivity index (χ2n) is 9.50. The van der Waals surface area contributed by atoms with Crippen LogP contribution in [0.3, 0.4) is 0 Å². The lowest BCUT2D eigenvalue weighted by molar-refractivity contribution is 0.0980. The second-order valence-corrected chi connectivity index (χ2v) is 9.50. The summed E-state index contributed by atoms with van der Waals surface area (Å²) in [6.07, 6.45) is 0. The number of hydrogen-bond donors (Lipinski definition) is 0. The van der Waals surface area contributed by atoms with Crippen molar-refractivity contribution in [2.45, 2.75) is 13.8 Å². The second kappa shape index (κ2) is 9.64. The molecule has 0 heterocycles. The van der Waals surface area contributed by atoms with E-state index in [1.807, 2.05) is 98.8 Å². The molecule has 0 unspecified atom stereocenters. The summed E-state index contributed by atoms with van der Waals surface area (Å²) >= 11 is 0. The Morgan fingerprint density at radius 2 is 0.816 bits per heavy atom. The lowest BCUT2D eigenvalue weighted by Gasteiger charge is -2.22. The summed E-state index contributed by atoms with van der Waals surface area (Å²) in [6.45, 7) is 5.16. The van der Waals surface area contributed by atoms with E-state index in [4.69, 9.17) is 0 Å². The first-order valence-corrected chi connectivity index (χ1v) is 13.1. The zero-order valence-electron chi connectivity index (χ0n) is 21.5. The molecule has 6 aromatic rings. The molecule has 4 heteroatoms. The molecule has 0 aliphatic carbocycles. The van der Waals surface area contributed by atoms with Crippen LogP contribution in [0.4, 0.5) is 11.4 Å². The molecule has 6 aromatic carbocycles. The Morgan fingerprint density at radius 3 is 1.11 bits per heavy atom. The number of anilines is 2. The molecule has 0 N–H and O–H groups in total. The molecule has 0 saturated heterocycles. The largest absolute Gasteiger partial charge is 0.309 e. The Hall–Kier alpha value is -4.70. The van der Waals surface area contributed by atoms with Gasteiger partial charge in [-0.25, -0.2) is 0 Å². The highest BCUT2D eigenvalue weighted by Crippen LogP contribution is 2.37. The molecule has 4 nitrogen and oxygen atoms in total. The van der Waals surface area contributed by atoms with E-state index in [9.17, 15) is 9.59 Å². The summed E-state index contributed by atoms with van der Waals surface area (Å²) < 4.78 is 0. The Labute approximate surface area is 222 Å². The van der Waals surface area contributed by atoms with Gasteiger partial charge in [0, 0.05) is 35.6 Å². The first-order valence-electron chi connectivity index (χ1n) is 13.1. The first kappa shape index (κ1) is 23.7. The number of rotatable bonds is 6. The van der Waals surface area contributed by atoms with Crippen molar-refractivity contribution in [3.63, 3.8) is 0 Å². The van der Waals surface area contributed by atoms with Crippen molar-refractivity contribution in [2.75, 3.05) is 22.9 Å². The average molecular weight is 497 g/mol. The lowest BCUT2D eigenvalue weighted by Crippen LogP contribution is -2.30. The number of nitrogens with zero attached hydrogens (tertiary/aromatic N) is 2. The van der Waals surface area contributed by atoms with Crippen molar-refractivity contribution in [3.8, 4) is 0 Å². The molecular weight excluding hydrogens is 468 g/mol. The predicted octanol–water partition coefficient (Wildman–Crippen LogP) is 7.92. The maximum absolute atomic E-state index is 13.6. The van der Waals surface area contributed by atoms with Crippen LogP contribution < -0.4 is 9.80 Å². The zero-order chi connectivity index (χ0) is 26.2. The van der Waals surface area contributed by atoms with Crippen molar-refractivity contribution in [1.82, 2.24) is 0 Å². The van der Waals surface area contributed by atoms with Crippen LogP contribution in [0.1, 0.15) is 34.6 Å². The number of carbonyl (C=O) groups excluding carboxylic acids is 2. The number of carbonyl (C=O) groups is 2. The van der Waals surface area contributed by atoms with Crippen molar-refractivity contribution in [3.05, 3.63) is 120 Å². The summed E-state index contributed by atoms with van der Waals surface area (Å²) in [7, 11) is 0. The van der Waals surface area contributed by atoms with Crippen LogP contribution in [0.15, 0.2) is 109 Å². The molecule has 0 bridgehead atoms. The lowest BCUT2D eigenvalue weighted by atomic mass is 9.91. The van der Waals surface area contributed by atoms with E-state index < -0.39 is 0 Å². The topological polar surface area (TPSA) is 40.6 Å². The van der Waals surface area contributed by atoms with Crippen LogP contribution in [-0.4, -0.2) is 24.9 Å². The quantitative estimate of drug-likeness (QED) is 0.220. The predicted molar refractivity (Wildman–Crippen MR) is 158 cm³/mol. The molecule has 2 amide bonds. The van der Waals surface area contributed by atoms with E-state index in [-0.39, 0.29) is 11.8 Å². The van der Waals surface area contributed by atoms with Crippen molar-refractivity contribution < 1.29 is 9.59 Å². The normalized spacial score (nSPS) is 11.3. The van der Waals surface area contributed by atoms with Gasteiger partial charge in [0.25, 0.3) is 11.8 Å². The molecule has 0 fully saturated rings. The maximum atomic E-state index is 13.6. The van der Waals surface area contributed by atoms with Gasteiger partial charge < -0.3 is 9.80 Å². The fourth-order valence-electron chi connectivity index (χ4n) is 5.50. The van der Waals surface area contributed by atoms with E-state index in [0.29, 0.717) is 24.2 Å². The van der Waals surface area contributed by atoms with Crippen LogP contribution >= 0.6 is 0 Å². The van der Waals surface area contributed by atoms with Gasteiger partial charge in [-0.1, -0.05) is 60.7 Å². The summed E-state index contributed by atoms with van der Waals surface area (Å²) in [5.41, 5.74) is 3.11. The molecule has 0 spiro atoms. The van der Waals surface area contributed by atoms with Gasteiger partial charge in [0.1, 0.15) is 0 Å². The Morgan fingerprint density at radius 1 is 0.500 bits per heavy atom. The van der Waals surface area contributed by atoms with E-state index in [1.165, 1.54) is 0 Å². The van der Waals surface area contributed by atoms with E-state index in [2.05, 4.69) is 24.3 Å². The highest BCUT2D eigenvalue weighted by molar-refractivity contribution is 6.26. The fraction of sp³-hybridized carbons (Fsp3) is 0.118. The molecule has 0 radical (unpaired) electrons. The van der Waals surface area contributed by atoms with E-state index in [1.54, 1.807) is 9.80 Å². The van der Waals surface area contributed by atoms with Crippen molar-refractivity contribution in [2.24, 2.45) is 0 Å². The monoisotopic (exact) mass is 496 g/mol. The van der Waals surface area contributed by atoms with Gasteiger partial charge in [0.15, 0.2) is 0 Å². The third-order valence-electron chi connectivity index (χ3n) is 7.29. The molecule has 6 rings (SSSR count). The van der Waals surface area contributed by atoms with Crippen LogP contribution in [-0.2, 0) is 0 Å². The average Bonchev–Trinajstić information content (AvgIpc) is 2.97. The Balaban J connectivity index is 1.43. The number of amides is 2. The fourth-order valence-corrected chi connectivity index (χ4v) is 5.50. The van der Waals surface area contributed by atoms with Gasteiger partial charge in [0.2, 0.25) is 0 Å². The van der Waals surface area contributed by atoms with Gasteiger partial charge in [-0.2, -0.15) is 0 Å². The molecule has 0 aliphatic rings. The van der Waals surface area contributed by atoms with Crippen LogP contribution in [0.25, 0.3) is 32.3 Å². The van der Waals surface area contributed by atoms with Crippen LogP contribution in [0.5, 0.6) is 0 Å². The summed E-state index contributed by atoms with van der Waals surface area (Å²) in [4.78, 5) is 30.7. The molecule has 38 heavy (non-hydrogen) atoms. The molecule has 0 atom stereocenters. The third-order valence-corrected chi connectivity index (χ3v) is 7.29. The minimum absolute atomic E-state index is 0.0161. The molecule has 0 aromatic heterocycles. The Bertz CT molecular complexity index is 1580. The van der Waals surface area contributed by atoms with E-state index >= 15 is 0 Å². The van der Waals surface area contributed by atoms with Gasteiger partial charge in [-0.15, -0.1) is 0 Å². The zero-order valence-corrected chi connectivity index (χ0v) is 21.5. The molecule has 0 aliphatic heterocycles. The molecular formula is C34H28N2O2. The van der Waals surface area contributed by atoms with Gasteiger partial charge >= 0.3 is 0 Å². The van der Waals surface area contributed by atoms with Crippen molar-refractivity contribution >= 4 is 55.5 Å². The Kier molecular flexibility index (Phi) is 6.01.